The highest BCUT2D eigenvalue weighted by molar-refractivity contribution is 5.78. The van der Waals surface area contributed by atoms with Crippen LogP contribution in [0.5, 0.6) is 0 Å². The van der Waals surface area contributed by atoms with E-state index in [1.807, 2.05) is 0 Å². The van der Waals surface area contributed by atoms with Gasteiger partial charge in [-0.2, -0.15) is 0 Å². The van der Waals surface area contributed by atoms with Crippen molar-refractivity contribution in [3.05, 3.63) is 0 Å². The molecule has 2 N–H and O–H groups in total. The van der Waals surface area contributed by atoms with Crippen molar-refractivity contribution >= 4 is 11.8 Å². The van der Waals surface area contributed by atoms with Gasteiger partial charge in [0.1, 0.15) is 5.78 Å². The van der Waals surface area contributed by atoms with Crippen molar-refractivity contribution in [3.63, 3.8) is 0 Å². The average Bonchev–Trinajstić information content (AvgIpc) is 2.82. The number of unbranched alkanes of at least 4 members (excludes halogenated alkanes) is 3. The Labute approximate surface area is 145 Å². The van der Waals surface area contributed by atoms with E-state index in [1.165, 1.54) is 7.11 Å². The molecule has 5 heteroatoms. The Kier molecular flexibility index (Phi) is 10.2. The van der Waals surface area contributed by atoms with Crippen LogP contribution < -0.4 is 0 Å². The zero-order valence-electron chi connectivity index (χ0n) is 15.2. The molecule has 1 fully saturated rings. The molecule has 1 saturated carbocycles. The Balaban J connectivity index is 2.36. The Hall–Kier alpha value is -0.940. The van der Waals surface area contributed by atoms with Gasteiger partial charge in [-0.1, -0.05) is 26.2 Å². The lowest BCUT2D eigenvalue weighted by molar-refractivity contribution is -0.140. The summed E-state index contributed by atoms with van der Waals surface area (Å²) in [5.41, 5.74) is 0. The first-order valence-electron chi connectivity index (χ1n) is 9.44. The van der Waals surface area contributed by atoms with Crippen molar-refractivity contribution in [3.8, 4) is 0 Å². The maximum Gasteiger partial charge on any atom is 0.305 e. The SMILES string of the molecule is CCCCCC(=O)CC[C@H]1[C@@H](CCCCC(=O)OC)[C@H](O)C[C@@H]1O. The molecule has 0 radical (unpaired) electrons. The summed E-state index contributed by atoms with van der Waals surface area (Å²) in [6, 6.07) is 0. The molecule has 0 saturated heterocycles. The van der Waals surface area contributed by atoms with Crippen molar-refractivity contribution in [2.24, 2.45) is 11.8 Å². The third-order valence-electron chi connectivity index (χ3n) is 5.23. The number of carbonyl (C=O) groups is 2. The highest BCUT2D eigenvalue weighted by atomic mass is 16.5. The molecule has 0 amide bonds. The van der Waals surface area contributed by atoms with Crippen LogP contribution in [0.1, 0.15) is 77.6 Å². The van der Waals surface area contributed by atoms with Crippen LogP contribution in [0.2, 0.25) is 0 Å². The summed E-state index contributed by atoms with van der Waals surface area (Å²) in [5, 5.41) is 20.4. The van der Waals surface area contributed by atoms with E-state index < -0.39 is 12.2 Å². The molecule has 0 unspecified atom stereocenters. The molecule has 0 aromatic heterocycles. The van der Waals surface area contributed by atoms with E-state index in [4.69, 9.17) is 0 Å². The number of aliphatic hydroxyl groups excluding tert-OH is 2. The maximum absolute atomic E-state index is 11.9. The lowest BCUT2D eigenvalue weighted by Gasteiger charge is -2.23. The third-order valence-corrected chi connectivity index (χ3v) is 5.23. The number of ketones is 1. The first kappa shape index (κ1) is 21.1. The molecule has 0 heterocycles. The van der Waals surface area contributed by atoms with Crippen LogP contribution in [0.3, 0.4) is 0 Å². The first-order valence-corrected chi connectivity index (χ1v) is 9.44. The summed E-state index contributed by atoms with van der Waals surface area (Å²) in [5.74, 6) is 0.0760. The molecule has 4 atom stereocenters. The highest BCUT2D eigenvalue weighted by Gasteiger charge is 2.40. The molecular weight excluding hydrogens is 308 g/mol. The molecule has 24 heavy (non-hydrogen) atoms. The van der Waals surface area contributed by atoms with Crippen LogP contribution in [-0.2, 0) is 14.3 Å². The predicted molar refractivity (Wildman–Crippen MR) is 92.5 cm³/mol. The van der Waals surface area contributed by atoms with Crippen molar-refractivity contribution in [1.82, 2.24) is 0 Å². The van der Waals surface area contributed by atoms with Crippen molar-refractivity contribution < 1.29 is 24.5 Å². The van der Waals surface area contributed by atoms with Gasteiger partial charge in [-0.05, 0) is 43.9 Å². The monoisotopic (exact) mass is 342 g/mol. The molecule has 5 nitrogen and oxygen atoms in total. The zero-order valence-corrected chi connectivity index (χ0v) is 15.2. The molecule has 0 aliphatic heterocycles. The number of methoxy groups -OCH3 is 1. The number of esters is 1. The zero-order chi connectivity index (χ0) is 17.9. The van der Waals surface area contributed by atoms with E-state index in [0.29, 0.717) is 32.1 Å². The smallest absolute Gasteiger partial charge is 0.305 e. The van der Waals surface area contributed by atoms with Gasteiger partial charge in [0, 0.05) is 19.3 Å². The van der Waals surface area contributed by atoms with E-state index in [9.17, 15) is 19.8 Å². The van der Waals surface area contributed by atoms with E-state index in [-0.39, 0.29) is 23.6 Å². The Bertz CT molecular complexity index is 382. The number of ether oxygens (including phenoxy) is 1. The van der Waals surface area contributed by atoms with Gasteiger partial charge in [0.2, 0.25) is 0 Å². The fourth-order valence-electron chi connectivity index (χ4n) is 3.76. The minimum absolute atomic E-state index is 0.00625. The largest absolute Gasteiger partial charge is 0.469 e. The molecule has 1 aliphatic rings. The summed E-state index contributed by atoms with van der Waals surface area (Å²) in [7, 11) is 1.38. The third kappa shape index (κ3) is 7.31. The molecule has 1 aliphatic carbocycles. The van der Waals surface area contributed by atoms with E-state index in [0.717, 1.165) is 38.5 Å². The molecular formula is C19H34O5. The second-order valence-electron chi connectivity index (χ2n) is 7.05. The predicted octanol–water partition coefficient (Wildman–Crippen LogP) is 3.01. The average molecular weight is 342 g/mol. The number of carbonyl (C=O) groups excluding carboxylic acids is 2. The maximum atomic E-state index is 11.9. The number of aliphatic hydroxyl groups is 2. The number of rotatable bonds is 12. The lowest BCUT2D eigenvalue weighted by atomic mass is 9.85. The normalized spacial score (nSPS) is 26.5. The van der Waals surface area contributed by atoms with Crippen LogP contribution in [0, 0.1) is 11.8 Å². The molecule has 0 aromatic rings. The quantitative estimate of drug-likeness (QED) is 0.421. The van der Waals surface area contributed by atoms with Crippen LogP contribution in [0.25, 0.3) is 0 Å². The van der Waals surface area contributed by atoms with Crippen LogP contribution in [-0.4, -0.2) is 41.3 Å². The standard InChI is InChI=1S/C19H34O5/c1-3-4-5-8-14(20)11-12-16-15(17(21)13-18(16)22)9-6-7-10-19(23)24-2/h15-18,21-22H,3-13H2,1-2H3/t15-,16+,17-,18+/m1/s1. The van der Waals surface area contributed by atoms with Crippen LogP contribution in [0.15, 0.2) is 0 Å². The molecule has 0 bridgehead atoms. The lowest BCUT2D eigenvalue weighted by Crippen LogP contribution is -2.23. The van der Waals surface area contributed by atoms with Gasteiger partial charge in [0.25, 0.3) is 0 Å². The summed E-state index contributed by atoms with van der Waals surface area (Å²) in [6.45, 7) is 2.12. The summed E-state index contributed by atoms with van der Waals surface area (Å²) in [6.07, 6.45) is 7.02. The van der Waals surface area contributed by atoms with Gasteiger partial charge in [-0.3, -0.25) is 9.59 Å². The van der Waals surface area contributed by atoms with Crippen molar-refractivity contribution in [2.45, 2.75) is 89.8 Å². The van der Waals surface area contributed by atoms with Gasteiger partial charge in [0.05, 0.1) is 19.3 Å². The Morgan fingerprint density at radius 2 is 1.54 bits per heavy atom. The molecule has 0 aromatic carbocycles. The number of hydrogen-bond acceptors (Lipinski definition) is 5. The van der Waals surface area contributed by atoms with Crippen molar-refractivity contribution in [1.29, 1.82) is 0 Å². The van der Waals surface area contributed by atoms with Crippen LogP contribution in [0.4, 0.5) is 0 Å². The fraction of sp³-hybridized carbons (Fsp3) is 0.895. The Morgan fingerprint density at radius 1 is 0.917 bits per heavy atom. The summed E-state index contributed by atoms with van der Waals surface area (Å²) >= 11 is 0. The second-order valence-corrected chi connectivity index (χ2v) is 7.05. The summed E-state index contributed by atoms with van der Waals surface area (Å²) < 4.78 is 4.62. The number of Topliss-reactive ketones (excluding diaryl/α,β-unsaturated/α-hetero) is 1. The number of hydrogen-bond donors (Lipinski definition) is 2. The van der Waals surface area contributed by atoms with Gasteiger partial charge in [-0.25, -0.2) is 0 Å². The molecule has 0 spiro atoms. The van der Waals surface area contributed by atoms with Gasteiger partial charge >= 0.3 is 5.97 Å². The van der Waals surface area contributed by atoms with Gasteiger partial charge in [-0.15, -0.1) is 0 Å². The van der Waals surface area contributed by atoms with E-state index in [1.54, 1.807) is 0 Å². The first-order chi connectivity index (χ1) is 11.5. The van der Waals surface area contributed by atoms with E-state index in [2.05, 4.69) is 11.7 Å². The Morgan fingerprint density at radius 3 is 2.17 bits per heavy atom. The van der Waals surface area contributed by atoms with E-state index >= 15 is 0 Å². The summed E-state index contributed by atoms with van der Waals surface area (Å²) in [4.78, 5) is 23.1. The topological polar surface area (TPSA) is 83.8 Å². The minimum atomic E-state index is -0.519. The van der Waals surface area contributed by atoms with Gasteiger partial charge < -0.3 is 14.9 Å². The second kappa shape index (κ2) is 11.6. The molecule has 140 valence electrons. The highest BCUT2D eigenvalue weighted by Crippen LogP contribution is 2.39. The minimum Gasteiger partial charge on any atom is -0.469 e. The molecule has 1 rings (SSSR count). The van der Waals surface area contributed by atoms with Crippen LogP contribution >= 0.6 is 0 Å². The van der Waals surface area contributed by atoms with Crippen molar-refractivity contribution in [2.75, 3.05) is 7.11 Å². The van der Waals surface area contributed by atoms with Gasteiger partial charge in [0.15, 0.2) is 0 Å². The fourth-order valence-corrected chi connectivity index (χ4v) is 3.76.